The quantitative estimate of drug-likeness (QED) is 0.637. The number of nitrogens with one attached hydrogen (secondary N) is 1. The highest BCUT2D eigenvalue weighted by Crippen LogP contribution is 2.19. The molecule has 0 saturated heterocycles. The number of hydrogen-bond donors (Lipinski definition) is 2. The fourth-order valence-electron chi connectivity index (χ4n) is 1.14. The Hall–Kier alpha value is -0.870. The van der Waals surface area contributed by atoms with E-state index in [0.717, 1.165) is 29.5 Å². The molecule has 15 heavy (non-hydrogen) atoms. The van der Waals surface area contributed by atoms with E-state index in [9.17, 15) is 5.11 Å². The molecule has 2 N–H and O–H groups in total. The van der Waals surface area contributed by atoms with Crippen molar-refractivity contribution in [3.05, 3.63) is 28.2 Å². The maximum absolute atomic E-state index is 9.51. The molecule has 0 saturated carbocycles. The molecule has 0 heterocycles. The molecule has 3 nitrogen and oxygen atoms in total. The maximum atomic E-state index is 9.51. The van der Waals surface area contributed by atoms with Crippen molar-refractivity contribution in [3.63, 3.8) is 0 Å². The van der Waals surface area contributed by atoms with Crippen LogP contribution in [-0.4, -0.2) is 31.5 Å². The van der Waals surface area contributed by atoms with E-state index < -0.39 is 0 Å². The van der Waals surface area contributed by atoms with E-state index in [4.69, 9.17) is 0 Å². The van der Waals surface area contributed by atoms with E-state index in [0.29, 0.717) is 0 Å². The number of halogens is 1. The molecule has 0 bridgehead atoms. The van der Waals surface area contributed by atoms with Gasteiger partial charge in [-0.3, -0.25) is 4.99 Å². The van der Waals surface area contributed by atoms with Gasteiger partial charge in [0.1, 0.15) is 5.75 Å². The number of nitrogens with zero attached hydrogens (tertiary/aromatic N) is 1. The molecule has 0 atom stereocenters. The summed E-state index contributed by atoms with van der Waals surface area (Å²) in [4.78, 5) is 4.24. The minimum absolute atomic E-state index is 0.260. The van der Waals surface area contributed by atoms with Crippen molar-refractivity contribution in [2.75, 3.05) is 20.1 Å². The molecule has 1 aromatic carbocycles. The molecule has 0 aliphatic heterocycles. The van der Waals surface area contributed by atoms with Crippen LogP contribution in [-0.2, 0) is 0 Å². The van der Waals surface area contributed by atoms with Crippen LogP contribution < -0.4 is 5.32 Å². The first kappa shape index (κ1) is 12.2. The van der Waals surface area contributed by atoms with E-state index in [1.807, 2.05) is 13.1 Å². The summed E-state index contributed by atoms with van der Waals surface area (Å²) in [5.41, 5.74) is 0.744. The zero-order valence-electron chi connectivity index (χ0n) is 8.70. The first-order valence-electron chi connectivity index (χ1n) is 4.87. The second-order valence-electron chi connectivity index (χ2n) is 3.20. The molecule has 0 radical (unpaired) electrons. The number of benzene rings is 1. The van der Waals surface area contributed by atoms with Gasteiger partial charge in [0.05, 0.1) is 0 Å². The Bertz CT molecular complexity index is 339. The zero-order valence-corrected chi connectivity index (χ0v) is 10.3. The van der Waals surface area contributed by atoms with Crippen molar-refractivity contribution in [3.8, 4) is 5.75 Å². The van der Waals surface area contributed by atoms with Crippen LogP contribution in [0.25, 0.3) is 0 Å². The molecule has 1 aromatic rings. The second-order valence-corrected chi connectivity index (χ2v) is 4.11. The summed E-state index contributed by atoms with van der Waals surface area (Å²) in [5.74, 6) is 0.260. The molecule has 0 spiro atoms. The Morgan fingerprint density at radius 2 is 2.33 bits per heavy atom. The number of phenols is 1. The van der Waals surface area contributed by atoms with Crippen molar-refractivity contribution >= 4 is 22.1 Å². The first-order chi connectivity index (χ1) is 7.24. The molecular formula is C11H15BrN2O. The van der Waals surface area contributed by atoms with E-state index in [1.165, 1.54) is 0 Å². The molecular weight excluding hydrogens is 256 g/mol. The zero-order chi connectivity index (χ0) is 11.1. The van der Waals surface area contributed by atoms with Gasteiger partial charge in [-0.15, -0.1) is 0 Å². The third-order valence-electron chi connectivity index (χ3n) is 1.93. The fraction of sp³-hybridized carbons (Fsp3) is 0.364. The predicted octanol–water partition coefficient (Wildman–Crippen LogP) is 2.18. The van der Waals surface area contributed by atoms with Gasteiger partial charge in [-0.05, 0) is 38.2 Å². The molecule has 4 heteroatoms. The highest BCUT2D eigenvalue weighted by molar-refractivity contribution is 9.10. The van der Waals surface area contributed by atoms with Crippen molar-refractivity contribution in [1.29, 1.82) is 0 Å². The standard InChI is InChI=1S/C11H15BrN2O/c1-13-5-2-6-14-8-9-7-10(12)3-4-11(9)15/h3-4,7-8,13,15H,2,5-6H2,1H3. The van der Waals surface area contributed by atoms with Gasteiger partial charge in [-0.2, -0.15) is 0 Å². The topological polar surface area (TPSA) is 44.6 Å². The van der Waals surface area contributed by atoms with E-state index >= 15 is 0 Å². The molecule has 0 aliphatic carbocycles. The number of hydrogen-bond acceptors (Lipinski definition) is 3. The van der Waals surface area contributed by atoms with Crippen molar-refractivity contribution in [2.24, 2.45) is 4.99 Å². The van der Waals surface area contributed by atoms with Gasteiger partial charge in [0, 0.05) is 22.8 Å². The third-order valence-corrected chi connectivity index (χ3v) is 2.43. The highest BCUT2D eigenvalue weighted by atomic mass is 79.9. The first-order valence-corrected chi connectivity index (χ1v) is 5.66. The van der Waals surface area contributed by atoms with E-state index in [1.54, 1.807) is 18.3 Å². The Morgan fingerprint density at radius 1 is 1.53 bits per heavy atom. The van der Waals surface area contributed by atoms with Crippen LogP contribution >= 0.6 is 15.9 Å². The average Bonchev–Trinajstić information content (AvgIpc) is 2.23. The summed E-state index contributed by atoms with van der Waals surface area (Å²) in [6.07, 6.45) is 2.71. The smallest absolute Gasteiger partial charge is 0.124 e. The molecule has 0 amide bonds. The lowest BCUT2D eigenvalue weighted by Gasteiger charge is -1.99. The minimum Gasteiger partial charge on any atom is -0.507 e. The summed E-state index contributed by atoms with van der Waals surface area (Å²) in [6, 6.07) is 5.30. The van der Waals surface area contributed by atoms with Gasteiger partial charge >= 0.3 is 0 Å². The lowest BCUT2D eigenvalue weighted by atomic mass is 10.2. The average molecular weight is 271 g/mol. The van der Waals surface area contributed by atoms with Crippen molar-refractivity contribution in [2.45, 2.75) is 6.42 Å². The molecule has 0 unspecified atom stereocenters. The van der Waals surface area contributed by atoms with Crippen LogP contribution in [0.3, 0.4) is 0 Å². The van der Waals surface area contributed by atoms with Crippen LogP contribution in [0.2, 0.25) is 0 Å². The Morgan fingerprint density at radius 3 is 3.07 bits per heavy atom. The summed E-state index contributed by atoms with van der Waals surface area (Å²) in [7, 11) is 1.92. The maximum Gasteiger partial charge on any atom is 0.124 e. The van der Waals surface area contributed by atoms with Gasteiger partial charge in [-0.25, -0.2) is 0 Å². The number of aromatic hydroxyl groups is 1. The van der Waals surface area contributed by atoms with Crippen molar-refractivity contribution in [1.82, 2.24) is 5.32 Å². The monoisotopic (exact) mass is 270 g/mol. The van der Waals surface area contributed by atoms with Gasteiger partial charge in [0.2, 0.25) is 0 Å². The summed E-state index contributed by atoms with van der Waals surface area (Å²) < 4.78 is 0.942. The fourth-order valence-corrected chi connectivity index (χ4v) is 1.52. The predicted molar refractivity (Wildman–Crippen MR) is 66.8 cm³/mol. The van der Waals surface area contributed by atoms with E-state index in [2.05, 4.69) is 26.2 Å². The Kier molecular flexibility index (Phi) is 5.36. The van der Waals surface area contributed by atoms with Crippen LogP contribution in [0.4, 0.5) is 0 Å². The van der Waals surface area contributed by atoms with Crippen LogP contribution in [0.1, 0.15) is 12.0 Å². The van der Waals surface area contributed by atoms with Gasteiger partial charge in [0.15, 0.2) is 0 Å². The SMILES string of the molecule is CNCCCN=Cc1cc(Br)ccc1O. The lowest BCUT2D eigenvalue weighted by Crippen LogP contribution is -2.08. The Balaban J connectivity index is 2.52. The molecule has 0 fully saturated rings. The molecule has 82 valence electrons. The molecule has 1 rings (SSSR count). The van der Waals surface area contributed by atoms with Crippen LogP contribution in [0.15, 0.2) is 27.7 Å². The largest absolute Gasteiger partial charge is 0.507 e. The Labute approximate surface area is 98.4 Å². The molecule has 0 aliphatic rings. The van der Waals surface area contributed by atoms with Gasteiger partial charge in [0.25, 0.3) is 0 Å². The van der Waals surface area contributed by atoms with Gasteiger partial charge in [-0.1, -0.05) is 15.9 Å². The van der Waals surface area contributed by atoms with E-state index in [-0.39, 0.29) is 5.75 Å². The van der Waals surface area contributed by atoms with Crippen molar-refractivity contribution < 1.29 is 5.11 Å². The summed E-state index contributed by atoms with van der Waals surface area (Å²) >= 11 is 3.35. The van der Waals surface area contributed by atoms with Crippen LogP contribution in [0.5, 0.6) is 5.75 Å². The highest BCUT2D eigenvalue weighted by Gasteiger charge is 1.97. The normalized spacial score (nSPS) is 11.1. The number of aliphatic imine (C=N–C) groups is 1. The second kappa shape index (κ2) is 6.58. The number of phenolic OH excluding ortho intramolecular Hbond substituents is 1. The number of rotatable bonds is 5. The summed E-state index contributed by atoms with van der Waals surface area (Å²) in [6.45, 7) is 1.73. The van der Waals surface area contributed by atoms with Gasteiger partial charge < -0.3 is 10.4 Å². The molecule has 0 aromatic heterocycles. The minimum atomic E-state index is 0.260. The van der Waals surface area contributed by atoms with Crippen LogP contribution in [0, 0.1) is 0 Å². The lowest BCUT2D eigenvalue weighted by molar-refractivity contribution is 0.474. The third kappa shape index (κ3) is 4.44. The summed E-state index contributed by atoms with van der Waals surface area (Å²) in [5, 5.41) is 12.6.